The van der Waals surface area contributed by atoms with Gasteiger partial charge in [0, 0.05) is 25.1 Å². The first-order chi connectivity index (χ1) is 8.91. The molecule has 3 nitrogen and oxygen atoms in total. The zero-order valence-electron chi connectivity index (χ0n) is 11.3. The van der Waals surface area contributed by atoms with Gasteiger partial charge >= 0.3 is 6.18 Å². The Bertz CT molecular complexity index is 396. The van der Waals surface area contributed by atoms with Crippen LogP contribution in [0.1, 0.15) is 37.4 Å². The fraction of sp³-hybridized carbons (Fsp3) is 0.615. The van der Waals surface area contributed by atoms with Crippen molar-refractivity contribution in [1.82, 2.24) is 10.3 Å². The van der Waals surface area contributed by atoms with Crippen LogP contribution in [0.15, 0.2) is 18.5 Å². The Labute approximate surface area is 111 Å². The molecule has 0 spiro atoms. The molecule has 0 amide bonds. The molecule has 1 aromatic rings. The predicted molar refractivity (Wildman–Crippen MR) is 66.7 cm³/mol. The van der Waals surface area contributed by atoms with Crippen molar-refractivity contribution < 1.29 is 17.9 Å². The molecule has 0 aromatic carbocycles. The number of nitrogens with zero attached hydrogens (tertiary/aromatic N) is 1. The highest BCUT2D eigenvalue weighted by molar-refractivity contribution is 5.30. The number of methoxy groups -OCH3 is 1. The molecule has 2 unspecified atom stereocenters. The lowest BCUT2D eigenvalue weighted by atomic mass is 9.98. The average molecular weight is 276 g/mol. The Morgan fingerprint density at radius 3 is 2.63 bits per heavy atom. The monoisotopic (exact) mass is 276 g/mol. The highest BCUT2D eigenvalue weighted by atomic mass is 19.4. The van der Waals surface area contributed by atoms with Gasteiger partial charge in [0.05, 0.1) is 17.7 Å². The van der Waals surface area contributed by atoms with E-state index in [1.807, 2.05) is 6.92 Å². The molecule has 0 bridgehead atoms. The molecule has 1 N–H and O–H groups in total. The van der Waals surface area contributed by atoms with Crippen molar-refractivity contribution in [2.75, 3.05) is 13.7 Å². The quantitative estimate of drug-likeness (QED) is 0.866. The first-order valence-corrected chi connectivity index (χ1v) is 6.19. The van der Waals surface area contributed by atoms with E-state index in [1.165, 1.54) is 13.3 Å². The van der Waals surface area contributed by atoms with Gasteiger partial charge in [0.1, 0.15) is 0 Å². The fourth-order valence-electron chi connectivity index (χ4n) is 1.88. The maximum absolute atomic E-state index is 13.0. The summed E-state index contributed by atoms with van der Waals surface area (Å²) in [6, 6.07) is 0.466. The molecule has 0 radical (unpaired) electrons. The van der Waals surface area contributed by atoms with Crippen molar-refractivity contribution in [3.63, 3.8) is 0 Å². The summed E-state index contributed by atoms with van der Waals surface area (Å²) in [6.45, 7) is 4.31. The molecule has 0 aliphatic rings. The molecule has 2 atom stereocenters. The molecule has 1 aromatic heterocycles. The lowest BCUT2D eigenvalue weighted by molar-refractivity contribution is -0.138. The highest BCUT2D eigenvalue weighted by Gasteiger charge is 2.36. The number of ether oxygens (including phenoxy) is 1. The van der Waals surface area contributed by atoms with Crippen LogP contribution in [0.5, 0.6) is 0 Å². The summed E-state index contributed by atoms with van der Waals surface area (Å²) >= 11 is 0. The summed E-state index contributed by atoms with van der Waals surface area (Å²) in [5.74, 6) is 0. The SMILES string of the molecule is CCCNC(c1cnccc1C(F)(F)F)C(C)OC. The number of hydrogen-bond donors (Lipinski definition) is 1. The molecule has 0 saturated heterocycles. The molecule has 1 heterocycles. The third-order valence-electron chi connectivity index (χ3n) is 2.95. The van der Waals surface area contributed by atoms with E-state index in [2.05, 4.69) is 10.3 Å². The molecular formula is C13H19F3N2O. The van der Waals surface area contributed by atoms with Gasteiger partial charge < -0.3 is 10.1 Å². The summed E-state index contributed by atoms with van der Waals surface area (Å²) in [4.78, 5) is 3.81. The van der Waals surface area contributed by atoms with E-state index in [0.29, 0.717) is 6.54 Å². The van der Waals surface area contributed by atoms with E-state index in [9.17, 15) is 13.2 Å². The van der Waals surface area contributed by atoms with Crippen LogP contribution in [-0.4, -0.2) is 24.7 Å². The molecular weight excluding hydrogens is 257 g/mol. The second kappa shape index (κ2) is 6.86. The molecule has 6 heteroatoms. The summed E-state index contributed by atoms with van der Waals surface area (Å²) in [6.07, 6.45) is -1.53. The first-order valence-electron chi connectivity index (χ1n) is 6.19. The number of aromatic nitrogens is 1. The average Bonchev–Trinajstić information content (AvgIpc) is 2.38. The maximum Gasteiger partial charge on any atom is 0.416 e. The summed E-state index contributed by atoms with van der Waals surface area (Å²) in [5.41, 5.74) is -0.544. The fourth-order valence-corrected chi connectivity index (χ4v) is 1.88. The summed E-state index contributed by atoms with van der Waals surface area (Å²) < 4.78 is 44.2. The van der Waals surface area contributed by atoms with E-state index in [-0.39, 0.29) is 11.7 Å². The Hall–Kier alpha value is -1.14. The maximum atomic E-state index is 13.0. The molecule has 1 rings (SSSR count). The number of pyridine rings is 1. The van der Waals surface area contributed by atoms with Crippen molar-refractivity contribution in [1.29, 1.82) is 0 Å². The number of alkyl halides is 3. The highest BCUT2D eigenvalue weighted by Crippen LogP contribution is 2.35. The van der Waals surface area contributed by atoms with Gasteiger partial charge in [0.2, 0.25) is 0 Å². The Morgan fingerprint density at radius 2 is 2.11 bits per heavy atom. The molecule has 108 valence electrons. The lowest BCUT2D eigenvalue weighted by Crippen LogP contribution is -2.33. The minimum atomic E-state index is -4.39. The smallest absolute Gasteiger partial charge is 0.380 e. The minimum Gasteiger partial charge on any atom is -0.380 e. The van der Waals surface area contributed by atoms with E-state index in [1.54, 1.807) is 6.92 Å². The van der Waals surface area contributed by atoms with E-state index in [0.717, 1.165) is 18.7 Å². The van der Waals surface area contributed by atoms with Crippen LogP contribution in [0, 0.1) is 0 Å². The third kappa shape index (κ3) is 4.18. The Kier molecular flexibility index (Phi) is 5.75. The first kappa shape index (κ1) is 15.9. The van der Waals surface area contributed by atoms with Gasteiger partial charge in [0.15, 0.2) is 0 Å². The van der Waals surface area contributed by atoms with Gasteiger partial charge in [0.25, 0.3) is 0 Å². The zero-order chi connectivity index (χ0) is 14.5. The van der Waals surface area contributed by atoms with Gasteiger partial charge in [-0.2, -0.15) is 13.2 Å². The van der Waals surface area contributed by atoms with E-state index in [4.69, 9.17) is 4.74 Å². The van der Waals surface area contributed by atoms with Crippen LogP contribution in [0.4, 0.5) is 13.2 Å². The van der Waals surface area contributed by atoms with Crippen LogP contribution in [0.3, 0.4) is 0 Å². The van der Waals surface area contributed by atoms with Crippen LogP contribution < -0.4 is 5.32 Å². The third-order valence-corrected chi connectivity index (χ3v) is 2.95. The largest absolute Gasteiger partial charge is 0.416 e. The van der Waals surface area contributed by atoms with Gasteiger partial charge in [-0.3, -0.25) is 4.98 Å². The number of rotatable bonds is 6. The predicted octanol–water partition coefficient (Wildman–Crippen LogP) is 3.18. The van der Waals surface area contributed by atoms with Crippen molar-refractivity contribution >= 4 is 0 Å². The molecule has 0 aliphatic carbocycles. The topological polar surface area (TPSA) is 34.2 Å². The van der Waals surface area contributed by atoms with E-state index < -0.39 is 17.8 Å². The minimum absolute atomic E-state index is 0.123. The van der Waals surface area contributed by atoms with Crippen molar-refractivity contribution in [3.05, 3.63) is 29.6 Å². The zero-order valence-corrected chi connectivity index (χ0v) is 11.3. The normalized spacial score (nSPS) is 15.3. The lowest BCUT2D eigenvalue weighted by Gasteiger charge is -2.26. The number of hydrogen-bond acceptors (Lipinski definition) is 3. The number of nitrogens with one attached hydrogen (secondary N) is 1. The van der Waals surface area contributed by atoms with Crippen molar-refractivity contribution in [3.8, 4) is 0 Å². The molecule has 0 fully saturated rings. The van der Waals surface area contributed by atoms with Crippen molar-refractivity contribution in [2.45, 2.75) is 38.6 Å². The van der Waals surface area contributed by atoms with Crippen LogP contribution >= 0.6 is 0 Å². The standard InChI is InChI=1S/C13H19F3N2O/c1-4-6-18-12(9(2)19-3)10-8-17-7-5-11(10)13(14,15)16/h5,7-9,12,18H,4,6H2,1-3H3. The second-order valence-electron chi connectivity index (χ2n) is 4.33. The van der Waals surface area contributed by atoms with Crippen LogP contribution in [0.25, 0.3) is 0 Å². The second-order valence-corrected chi connectivity index (χ2v) is 4.33. The summed E-state index contributed by atoms with van der Waals surface area (Å²) in [7, 11) is 1.48. The molecule has 0 aliphatic heterocycles. The Balaban J connectivity index is 3.14. The number of halogens is 3. The molecule has 0 saturated carbocycles. The van der Waals surface area contributed by atoms with Crippen LogP contribution in [-0.2, 0) is 10.9 Å². The van der Waals surface area contributed by atoms with E-state index >= 15 is 0 Å². The van der Waals surface area contributed by atoms with Crippen LogP contribution in [0.2, 0.25) is 0 Å². The van der Waals surface area contributed by atoms with Gasteiger partial charge in [-0.25, -0.2) is 0 Å². The van der Waals surface area contributed by atoms with Gasteiger partial charge in [-0.15, -0.1) is 0 Å². The summed E-state index contributed by atoms with van der Waals surface area (Å²) in [5, 5.41) is 3.08. The van der Waals surface area contributed by atoms with Gasteiger partial charge in [-0.1, -0.05) is 6.92 Å². The molecule has 19 heavy (non-hydrogen) atoms. The Morgan fingerprint density at radius 1 is 1.42 bits per heavy atom. The van der Waals surface area contributed by atoms with Gasteiger partial charge in [-0.05, 0) is 26.0 Å². The van der Waals surface area contributed by atoms with Crippen molar-refractivity contribution in [2.24, 2.45) is 0 Å².